The summed E-state index contributed by atoms with van der Waals surface area (Å²) in [7, 11) is 0. The Labute approximate surface area is 171 Å². The normalized spacial score (nSPS) is 12.7. The summed E-state index contributed by atoms with van der Waals surface area (Å²) < 4.78 is 8.68. The first-order chi connectivity index (χ1) is 12.4. The van der Waals surface area contributed by atoms with Gasteiger partial charge in [0.1, 0.15) is 0 Å². The maximum absolute atomic E-state index is 12.3. The largest absolute Gasteiger partial charge is 0.466 e. The van der Waals surface area contributed by atoms with E-state index in [4.69, 9.17) is 9.47 Å². The lowest BCUT2D eigenvalue weighted by molar-refractivity contribution is -0.155. The van der Waals surface area contributed by atoms with E-state index in [9.17, 15) is 9.59 Å². The molecular weight excluding hydrogens is 368 g/mol. The first-order valence-electron chi connectivity index (χ1n) is 10.2. The van der Waals surface area contributed by atoms with E-state index in [2.05, 4.69) is 32.2 Å². The van der Waals surface area contributed by atoms with Gasteiger partial charge in [-0.2, -0.15) is 0 Å². The minimum absolute atomic E-state index is 0.232. The predicted octanol–water partition coefficient (Wildman–Crippen LogP) is 5.60. The molecule has 1 unspecified atom stereocenters. The summed E-state index contributed by atoms with van der Waals surface area (Å²) in [4.78, 5) is 24.4. The Bertz CT molecular complexity index is 386. The molecule has 0 bridgehead atoms. The van der Waals surface area contributed by atoms with Crippen molar-refractivity contribution in [2.24, 2.45) is 5.92 Å². The zero-order valence-corrected chi connectivity index (χ0v) is 18.6. The van der Waals surface area contributed by atoms with Crippen LogP contribution < -0.4 is 0 Å². The van der Waals surface area contributed by atoms with Crippen LogP contribution >= 0.6 is 25.3 Å². The lowest BCUT2D eigenvalue weighted by atomic mass is 9.96. The molecule has 26 heavy (non-hydrogen) atoms. The highest BCUT2D eigenvalue weighted by atomic mass is 32.2. The number of rotatable bonds is 16. The number of ether oxygens (including phenoxy) is 2. The number of carbonyl (C=O) groups is 2. The zero-order valence-electron chi connectivity index (χ0n) is 16.8. The Balaban J connectivity index is 4.25. The molecule has 0 aromatic rings. The number of unbranched alkanes of at least 4 members (excludes halogenated alkanes) is 9. The van der Waals surface area contributed by atoms with Crippen molar-refractivity contribution in [2.75, 3.05) is 13.2 Å². The third-order valence-electron chi connectivity index (χ3n) is 4.48. The van der Waals surface area contributed by atoms with E-state index in [0.717, 1.165) is 19.3 Å². The average molecular weight is 407 g/mol. The minimum Gasteiger partial charge on any atom is -0.466 e. The molecule has 6 heteroatoms. The van der Waals surface area contributed by atoms with Gasteiger partial charge in [-0.25, -0.2) is 4.79 Å². The van der Waals surface area contributed by atoms with Crippen molar-refractivity contribution in [3.05, 3.63) is 0 Å². The number of esters is 2. The lowest BCUT2D eigenvalue weighted by Gasteiger charge is -2.28. The van der Waals surface area contributed by atoms with Crippen LogP contribution in [0.2, 0.25) is 0 Å². The number of hydrogen-bond donors (Lipinski definition) is 2. The zero-order chi connectivity index (χ0) is 19.8. The maximum atomic E-state index is 12.3. The fraction of sp³-hybridized carbons (Fsp3) is 0.900. The van der Waals surface area contributed by atoms with Crippen molar-refractivity contribution in [1.29, 1.82) is 0 Å². The Morgan fingerprint density at radius 2 is 1.23 bits per heavy atom. The van der Waals surface area contributed by atoms with Gasteiger partial charge in [-0.1, -0.05) is 71.1 Å². The number of hydrogen-bond acceptors (Lipinski definition) is 6. The molecule has 0 amide bonds. The van der Waals surface area contributed by atoms with Gasteiger partial charge < -0.3 is 9.47 Å². The molecule has 0 rings (SSSR count). The van der Waals surface area contributed by atoms with Gasteiger partial charge in [0.25, 0.3) is 0 Å². The highest BCUT2D eigenvalue weighted by molar-refractivity contribution is 8.02. The molecule has 0 aliphatic carbocycles. The molecule has 0 N–H and O–H groups in total. The summed E-state index contributed by atoms with van der Waals surface area (Å²) in [6.07, 6.45) is 12.7. The molecule has 0 spiro atoms. The fourth-order valence-electron chi connectivity index (χ4n) is 2.94. The van der Waals surface area contributed by atoms with Crippen molar-refractivity contribution < 1.29 is 19.1 Å². The van der Waals surface area contributed by atoms with E-state index in [1.54, 1.807) is 13.8 Å². The third kappa shape index (κ3) is 10.7. The summed E-state index contributed by atoms with van der Waals surface area (Å²) in [6, 6.07) is 0. The molecule has 154 valence electrons. The van der Waals surface area contributed by atoms with Crippen molar-refractivity contribution >= 4 is 37.2 Å². The molecule has 0 saturated carbocycles. The highest BCUT2D eigenvalue weighted by Crippen LogP contribution is 2.35. The molecule has 0 saturated heterocycles. The minimum atomic E-state index is -1.46. The molecule has 0 aliphatic rings. The van der Waals surface area contributed by atoms with Crippen LogP contribution in [0.5, 0.6) is 0 Å². The van der Waals surface area contributed by atoms with Crippen molar-refractivity contribution in [3.8, 4) is 0 Å². The summed E-state index contributed by atoms with van der Waals surface area (Å²) >= 11 is 8.66. The van der Waals surface area contributed by atoms with Gasteiger partial charge in [0.15, 0.2) is 4.08 Å². The Kier molecular flexibility index (Phi) is 15.5. The maximum Gasteiger partial charge on any atom is 0.332 e. The van der Waals surface area contributed by atoms with Crippen molar-refractivity contribution in [2.45, 2.75) is 95.5 Å². The molecule has 0 heterocycles. The number of thiol groups is 2. The molecule has 0 aliphatic heterocycles. The first kappa shape index (κ1) is 25.6. The van der Waals surface area contributed by atoms with Gasteiger partial charge in [-0.15, -0.1) is 25.3 Å². The van der Waals surface area contributed by atoms with E-state index >= 15 is 0 Å². The monoisotopic (exact) mass is 406 g/mol. The highest BCUT2D eigenvalue weighted by Gasteiger charge is 2.45. The van der Waals surface area contributed by atoms with E-state index < -0.39 is 21.9 Å². The van der Waals surface area contributed by atoms with Crippen LogP contribution in [0.3, 0.4) is 0 Å². The van der Waals surface area contributed by atoms with Crippen LogP contribution in [0.4, 0.5) is 0 Å². The Morgan fingerprint density at radius 1 is 0.769 bits per heavy atom. The molecule has 4 nitrogen and oxygen atoms in total. The standard InChI is InChI=1S/C20H38O4S2/c1-4-7-8-9-10-11-12-13-14-15-16-17(18(21)23-5-2)20(25,26)19(22)24-6-3/h17,25-26H,4-16H2,1-3H3. The van der Waals surface area contributed by atoms with E-state index in [1.807, 2.05) is 0 Å². The van der Waals surface area contributed by atoms with Gasteiger partial charge in [-0.3, -0.25) is 4.79 Å². The molecule has 0 aromatic heterocycles. The van der Waals surface area contributed by atoms with Crippen LogP contribution in [0.25, 0.3) is 0 Å². The van der Waals surface area contributed by atoms with Crippen molar-refractivity contribution in [1.82, 2.24) is 0 Å². The van der Waals surface area contributed by atoms with Crippen LogP contribution in [0.15, 0.2) is 0 Å². The topological polar surface area (TPSA) is 52.6 Å². The van der Waals surface area contributed by atoms with Gasteiger partial charge in [0.2, 0.25) is 0 Å². The van der Waals surface area contributed by atoms with Crippen LogP contribution in [-0.4, -0.2) is 29.2 Å². The van der Waals surface area contributed by atoms with Crippen LogP contribution in [0, 0.1) is 5.92 Å². The molecule has 1 atom stereocenters. The van der Waals surface area contributed by atoms with Gasteiger partial charge >= 0.3 is 11.9 Å². The third-order valence-corrected chi connectivity index (χ3v) is 5.47. The molecule has 0 aromatic carbocycles. The predicted molar refractivity (Wildman–Crippen MR) is 114 cm³/mol. The summed E-state index contributed by atoms with van der Waals surface area (Å²) in [5.41, 5.74) is 0. The van der Waals surface area contributed by atoms with E-state index in [-0.39, 0.29) is 13.2 Å². The van der Waals surface area contributed by atoms with Gasteiger partial charge in [-0.05, 0) is 20.3 Å². The molecular formula is C20H38O4S2. The second kappa shape index (κ2) is 15.7. The average Bonchev–Trinajstić information content (AvgIpc) is 2.59. The first-order valence-corrected chi connectivity index (χ1v) is 11.1. The Morgan fingerprint density at radius 3 is 1.69 bits per heavy atom. The lowest BCUT2D eigenvalue weighted by Crippen LogP contribution is -2.42. The van der Waals surface area contributed by atoms with Crippen LogP contribution in [-0.2, 0) is 19.1 Å². The number of carbonyl (C=O) groups excluding carboxylic acids is 2. The summed E-state index contributed by atoms with van der Waals surface area (Å²) in [5.74, 6) is -1.72. The molecule has 0 radical (unpaired) electrons. The van der Waals surface area contributed by atoms with E-state index in [1.165, 1.54) is 44.9 Å². The van der Waals surface area contributed by atoms with Crippen LogP contribution in [0.1, 0.15) is 91.4 Å². The van der Waals surface area contributed by atoms with Crippen molar-refractivity contribution in [3.63, 3.8) is 0 Å². The SMILES string of the molecule is CCCCCCCCCCCCC(C(=O)OCC)C(S)(S)C(=O)OCC. The smallest absolute Gasteiger partial charge is 0.332 e. The summed E-state index contributed by atoms with van der Waals surface area (Å²) in [6.45, 7) is 6.20. The summed E-state index contributed by atoms with van der Waals surface area (Å²) in [5, 5.41) is 0. The van der Waals surface area contributed by atoms with Gasteiger partial charge in [0, 0.05) is 0 Å². The fourth-order valence-corrected chi connectivity index (χ4v) is 3.54. The quantitative estimate of drug-likeness (QED) is 0.152. The van der Waals surface area contributed by atoms with E-state index in [0.29, 0.717) is 6.42 Å². The van der Waals surface area contributed by atoms with Gasteiger partial charge in [0.05, 0.1) is 19.1 Å². The second-order valence-corrected chi connectivity index (χ2v) is 8.49. The Hall–Kier alpha value is -0.360. The second-order valence-electron chi connectivity index (χ2n) is 6.72. The molecule has 0 fully saturated rings.